The number of piperazine rings is 1. The third-order valence-corrected chi connectivity index (χ3v) is 3.55. The summed E-state index contributed by atoms with van der Waals surface area (Å²) in [7, 11) is 0. The van der Waals surface area contributed by atoms with Crippen LogP contribution in [0.2, 0.25) is 0 Å². The van der Waals surface area contributed by atoms with Gasteiger partial charge in [-0.1, -0.05) is 29.8 Å². The maximum Gasteiger partial charge on any atom is 0.237 e. The van der Waals surface area contributed by atoms with Crippen LogP contribution < -0.4 is 5.32 Å². The van der Waals surface area contributed by atoms with E-state index in [0.29, 0.717) is 6.42 Å². The fourth-order valence-corrected chi connectivity index (χ4v) is 2.57. The maximum atomic E-state index is 12.0. The van der Waals surface area contributed by atoms with Crippen molar-refractivity contribution in [2.45, 2.75) is 38.9 Å². The van der Waals surface area contributed by atoms with E-state index in [4.69, 9.17) is 5.11 Å². The second-order valence-corrected chi connectivity index (χ2v) is 5.35. The largest absolute Gasteiger partial charge is 0.396 e. The van der Waals surface area contributed by atoms with Gasteiger partial charge in [-0.3, -0.25) is 9.69 Å². The number of hydrogen-bond acceptors (Lipinski definition) is 3. The zero-order chi connectivity index (χ0) is 13.8. The monoisotopic (exact) mass is 262 g/mol. The smallest absolute Gasteiger partial charge is 0.237 e. The molecule has 19 heavy (non-hydrogen) atoms. The minimum Gasteiger partial charge on any atom is -0.396 e. The molecular weight excluding hydrogens is 240 g/mol. The van der Waals surface area contributed by atoms with Crippen LogP contribution in [0.4, 0.5) is 0 Å². The number of carbonyl (C=O) groups excluding carboxylic acids is 1. The van der Waals surface area contributed by atoms with Crippen molar-refractivity contribution < 1.29 is 9.90 Å². The van der Waals surface area contributed by atoms with Crippen LogP contribution in [-0.4, -0.2) is 41.1 Å². The molecule has 1 aliphatic heterocycles. The van der Waals surface area contributed by atoms with E-state index in [9.17, 15) is 4.79 Å². The lowest BCUT2D eigenvalue weighted by Gasteiger charge is -2.38. The Labute approximate surface area is 114 Å². The standard InChI is InChI=1S/C15H22N2O2/c1-11-3-5-13(6-4-11)10-17-9-12(2)16-15(19)14(17)7-8-18/h3-6,12,14,18H,7-10H2,1-2H3,(H,16,19). The molecule has 2 atom stereocenters. The fraction of sp³-hybridized carbons (Fsp3) is 0.533. The fourth-order valence-electron chi connectivity index (χ4n) is 2.57. The molecule has 0 bridgehead atoms. The molecule has 4 nitrogen and oxygen atoms in total. The van der Waals surface area contributed by atoms with Crippen molar-refractivity contribution in [3.63, 3.8) is 0 Å². The molecule has 1 aromatic rings. The van der Waals surface area contributed by atoms with E-state index < -0.39 is 0 Å². The highest BCUT2D eigenvalue weighted by molar-refractivity contribution is 5.82. The van der Waals surface area contributed by atoms with Gasteiger partial charge in [-0.05, 0) is 25.8 Å². The van der Waals surface area contributed by atoms with Crippen LogP contribution in [0.1, 0.15) is 24.5 Å². The van der Waals surface area contributed by atoms with E-state index in [1.807, 2.05) is 6.92 Å². The zero-order valence-corrected chi connectivity index (χ0v) is 11.6. The molecule has 2 rings (SSSR count). The number of rotatable bonds is 4. The van der Waals surface area contributed by atoms with Gasteiger partial charge in [0.2, 0.25) is 5.91 Å². The first-order valence-electron chi connectivity index (χ1n) is 6.81. The van der Waals surface area contributed by atoms with Crippen molar-refractivity contribution in [3.05, 3.63) is 35.4 Å². The minimum atomic E-state index is -0.220. The van der Waals surface area contributed by atoms with Crippen LogP contribution in [0.5, 0.6) is 0 Å². The third kappa shape index (κ3) is 3.55. The molecule has 2 unspecified atom stereocenters. The Morgan fingerprint density at radius 3 is 2.68 bits per heavy atom. The Morgan fingerprint density at radius 2 is 2.05 bits per heavy atom. The van der Waals surface area contributed by atoms with Crippen molar-refractivity contribution in [3.8, 4) is 0 Å². The molecule has 1 aliphatic rings. The van der Waals surface area contributed by atoms with Gasteiger partial charge in [0.25, 0.3) is 0 Å². The van der Waals surface area contributed by atoms with Gasteiger partial charge in [-0.2, -0.15) is 0 Å². The number of hydrogen-bond donors (Lipinski definition) is 2. The third-order valence-electron chi connectivity index (χ3n) is 3.55. The highest BCUT2D eigenvalue weighted by atomic mass is 16.3. The van der Waals surface area contributed by atoms with Crippen LogP contribution >= 0.6 is 0 Å². The van der Waals surface area contributed by atoms with Gasteiger partial charge in [0.1, 0.15) is 0 Å². The highest BCUT2D eigenvalue weighted by Gasteiger charge is 2.32. The van der Waals surface area contributed by atoms with Crippen LogP contribution in [-0.2, 0) is 11.3 Å². The molecular formula is C15H22N2O2. The molecule has 0 aromatic heterocycles. The van der Waals surface area contributed by atoms with Gasteiger partial charge < -0.3 is 10.4 Å². The van der Waals surface area contributed by atoms with Crippen LogP contribution in [0.3, 0.4) is 0 Å². The molecule has 1 amide bonds. The van der Waals surface area contributed by atoms with Crippen molar-refractivity contribution in [2.75, 3.05) is 13.2 Å². The molecule has 2 N–H and O–H groups in total. The summed E-state index contributed by atoms with van der Waals surface area (Å²) in [6, 6.07) is 8.31. The van der Waals surface area contributed by atoms with E-state index in [1.54, 1.807) is 0 Å². The van der Waals surface area contributed by atoms with Crippen molar-refractivity contribution >= 4 is 5.91 Å². The van der Waals surface area contributed by atoms with E-state index in [0.717, 1.165) is 13.1 Å². The van der Waals surface area contributed by atoms with E-state index >= 15 is 0 Å². The van der Waals surface area contributed by atoms with Crippen LogP contribution in [0.25, 0.3) is 0 Å². The Morgan fingerprint density at radius 1 is 1.37 bits per heavy atom. The predicted octanol–water partition coefficient (Wildman–Crippen LogP) is 1.07. The van der Waals surface area contributed by atoms with Gasteiger partial charge in [-0.25, -0.2) is 0 Å². The molecule has 104 valence electrons. The second kappa shape index (κ2) is 6.17. The summed E-state index contributed by atoms with van der Waals surface area (Å²) < 4.78 is 0. The van der Waals surface area contributed by atoms with Gasteiger partial charge in [0, 0.05) is 25.7 Å². The highest BCUT2D eigenvalue weighted by Crippen LogP contribution is 2.16. The molecule has 1 aromatic carbocycles. The number of nitrogens with zero attached hydrogens (tertiary/aromatic N) is 1. The number of amides is 1. The second-order valence-electron chi connectivity index (χ2n) is 5.35. The van der Waals surface area contributed by atoms with Gasteiger partial charge in [0.05, 0.1) is 6.04 Å². The Hall–Kier alpha value is -1.39. The normalized spacial score (nSPS) is 24.3. The van der Waals surface area contributed by atoms with E-state index in [2.05, 4.69) is 41.4 Å². The van der Waals surface area contributed by atoms with Gasteiger partial charge >= 0.3 is 0 Å². The minimum absolute atomic E-state index is 0.0277. The zero-order valence-electron chi connectivity index (χ0n) is 11.6. The van der Waals surface area contributed by atoms with Gasteiger partial charge in [0.15, 0.2) is 0 Å². The number of benzene rings is 1. The molecule has 1 heterocycles. The van der Waals surface area contributed by atoms with Crippen molar-refractivity contribution in [1.29, 1.82) is 0 Å². The summed E-state index contributed by atoms with van der Waals surface area (Å²) in [5.74, 6) is 0.0277. The summed E-state index contributed by atoms with van der Waals surface area (Å²) in [6.07, 6.45) is 0.490. The number of aliphatic hydroxyl groups is 1. The lowest BCUT2D eigenvalue weighted by Crippen LogP contribution is -2.58. The first-order valence-corrected chi connectivity index (χ1v) is 6.81. The molecule has 1 saturated heterocycles. The van der Waals surface area contributed by atoms with Gasteiger partial charge in [-0.15, -0.1) is 0 Å². The van der Waals surface area contributed by atoms with Crippen molar-refractivity contribution in [2.24, 2.45) is 0 Å². The number of carbonyl (C=O) groups is 1. The number of aliphatic hydroxyl groups excluding tert-OH is 1. The van der Waals surface area contributed by atoms with Crippen LogP contribution in [0.15, 0.2) is 24.3 Å². The predicted molar refractivity (Wildman–Crippen MR) is 74.7 cm³/mol. The summed E-state index contributed by atoms with van der Waals surface area (Å²) >= 11 is 0. The Kier molecular flexibility index (Phi) is 4.56. The maximum absolute atomic E-state index is 12.0. The first-order chi connectivity index (χ1) is 9.10. The van der Waals surface area contributed by atoms with Crippen molar-refractivity contribution in [1.82, 2.24) is 10.2 Å². The Balaban J connectivity index is 2.10. The summed E-state index contributed by atoms with van der Waals surface area (Å²) in [6.45, 7) is 5.69. The molecule has 1 fully saturated rings. The van der Waals surface area contributed by atoms with E-state index in [-0.39, 0.29) is 24.6 Å². The average molecular weight is 262 g/mol. The van der Waals surface area contributed by atoms with Crippen LogP contribution in [0, 0.1) is 6.92 Å². The molecule has 4 heteroatoms. The quantitative estimate of drug-likeness (QED) is 0.853. The van der Waals surface area contributed by atoms with E-state index in [1.165, 1.54) is 11.1 Å². The number of aryl methyl sites for hydroxylation is 1. The Bertz CT molecular complexity index is 430. The SMILES string of the molecule is Cc1ccc(CN2CC(C)NC(=O)C2CCO)cc1. The average Bonchev–Trinajstić information content (AvgIpc) is 2.36. The lowest BCUT2D eigenvalue weighted by molar-refractivity contribution is -0.131. The topological polar surface area (TPSA) is 52.6 Å². The summed E-state index contributed by atoms with van der Waals surface area (Å²) in [5.41, 5.74) is 2.44. The molecule has 0 radical (unpaired) electrons. The molecule has 0 spiro atoms. The molecule has 0 saturated carbocycles. The first kappa shape index (κ1) is 14.0. The lowest BCUT2D eigenvalue weighted by atomic mass is 10.0. The summed E-state index contributed by atoms with van der Waals surface area (Å²) in [4.78, 5) is 14.1. The summed E-state index contributed by atoms with van der Waals surface area (Å²) in [5, 5.41) is 12.1. The molecule has 0 aliphatic carbocycles. The number of nitrogens with one attached hydrogen (secondary N) is 1.